The van der Waals surface area contributed by atoms with E-state index in [0.29, 0.717) is 12.8 Å². The van der Waals surface area contributed by atoms with Gasteiger partial charge in [-0.15, -0.1) is 0 Å². The molecule has 1 rings (SSSR count). The Bertz CT molecular complexity index is 499. The number of nitrogens with one attached hydrogen (secondary N) is 1. The first-order chi connectivity index (χ1) is 9.43. The van der Waals surface area contributed by atoms with Gasteiger partial charge in [0.2, 0.25) is 12.2 Å². The molecular formula is C11H16N4O5. The second-order valence-electron chi connectivity index (χ2n) is 4.22. The number of aliphatic carboxylic acids is 1. The van der Waals surface area contributed by atoms with Gasteiger partial charge in [-0.25, -0.2) is 4.79 Å². The first-order valence-electron chi connectivity index (χ1n) is 6.12. The number of rotatable bonds is 8. The summed E-state index contributed by atoms with van der Waals surface area (Å²) in [5.74, 6) is -1.78. The van der Waals surface area contributed by atoms with E-state index in [2.05, 4.69) is 10.3 Å². The predicted molar refractivity (Wildman–Crippen MR) is 68.0 cm³/mol. The lowest BCUT2D eigenvalue weighted by Crippen LogP contribution is -2.40. The predicted octanol–water partition coefficient (Wildman–Crippen LogP) is 0.551. The van der Waals surface area contributed by atoms with Gasteiger partial charge in [-0.05, 0) is 16.3 Å². The van der Waals surface area contributed by atoms with E-state index in [1.54, 1.807) is 0 Å². The van der Waals surface area contributed by atoms with Crippen LogP contribution in [0, 0.1) is 10.1 Å². The van der Waals surface area contributed by atoms with Crippen LogP contribution in [-0.4, -0.2) is 37.5 Å². The van der Waals surface area contributed by atoms with Crippen molar-refractivity contribution in [3.63, 3.8) is 0 Å². The Morgan fingerprint density at radius 2 is 2.30 bits per heavy atom. The average Bonchev–Trinajstić information content (AvgIpc) is 2.84. The summed E-state index contributed by atoms with van der Waals surface area (Å²) in [6.45, 7) is 2.03. The molecule has 0 aliphatic heterocycles. The summed E-state index contributed by atoms with van der Waals surface area (Å²) < 4.78 is 1.41. The van der Waals surface area contributed by atoms with Crippen molar-refractivity contribution < 1.29 is 19.6 Å². The molecule has 2 N–H and O–H groups in total. The van der Waals surface area contributed by atoms with Crippen LogP contribution in [0.25, 0.3) is 0 Å². The van der Waals surface area contributed by atoms with Gasteiger partial charge < -0.3 is 25.1 Å². The van der Waals surface area contributed by atoms with Crippen molar-refractivity contribution >= 4 is 17.7 Å². The highest BCUT2D eigenvalue weighted by molar-refractivity contribution is 5.83. The maximum absolute atomic E-state index is 11.6. The van der Waals surface area contributed by atoms with Gasteiger partial charge in [-0.3, -0.25) is 4.79 Å². The van der Waals surface area contributed by atoms with Crippen molar-refractivity contribution in [2.24, 2.45) is 0 Å². The van der Waals surface area contributed by atoms with Crippen LogP contribution in [0.4, 0.5) is 5.82 Å². The number of carboxylic acids is 1. The van der Waals surface area contributed by atoms with E-state index in [1.807, 2.05) is 6.92 Å². The van der Waals surface area contributed by atoms with Crippen LogP contribution in [-0.2, 0) is 16.1 Å². The van der Waals surface area contributed by atoms with E-state index >= 15 is 0 Å². The molecule has 0 fully saturated rings. The second kappa shape index (κ2) is 7.22. The zero-order valence-electron chi connectivity index (χ0n) is 11.0. The smallest absolute Gasteiger partial charge is 0.381 e. The molecule has 0 aliphatic rings. The molecule has 0 saturated carbocycles. The molecule has 0 saturated heterocycles. The molecule has 0 aromatic carbocycles. The first kappa shape index (κ1) is 15.6. The number of carboxylic acid groups (broad SMARTS) is 1. The minimum Gasteiger partial charge on any atom is -0.480 e. The number of amides is 1. The van der Waals surface area contributed by atoms with Crippen LogP contribution in [0.3, 0.4) is 0 Å². The Morgan fingerprint density at radius 3 is 2.80 bits per heavy atom. The number of nitrogens with zero attached hydrogens (tertiary/aromatic N) is 3. The molecule has 20 heavy (non-hydrogen) atoms. The van der Waals surface area contributed by atoms with Crippen LogP contribution in [0.1, 0.15) is 26.2 Å². The highest BCUT2D eigenvalue weighted by atomic mass is 16.6. The first-order valence-corrected chi connectivity index (χ1v) is 6.12. The molecule has 1 aromatic heterocycles. The lowest BCUT2D eigenvalue weighted by atomic mass is 10.1. The fourth-order valence-electron chi connectivity index (χ4n) is 1.61. The number of aromatic nitrogens is 2. The van der Waals surface area contributed by atoms with Crippen LogP contribution in [0.5, 0.6) is 0 Å². The molecular weight excluding hydrogens is 268 g/mol. The fraction of sp³-hybridized carbons (Fsp3) is 0.545. The maximum atomic E-state index is 11.6. The van der Waals surface area contributed by atoms with Crippen LogP contribution >= 0.6 is 0 Å². The number of carbonyl (C=O) groups is 2. The Kier molecular flexibility index (Phi) is 5.63. The molecule has 0 bridgehead atoms. The van der Waals surface area contributed by atoms with Crippen LogP contribution in [0.2, 0.25) is 0 Å². The number of nitro groups is 1. The topological polar surface area (TPSA) is 127 Å². The number of hydrogen-bond acceptors (Lipinski definition) is 5. The lowest BCUT2D eigenvalue weighted by Gasteiger charge is -2.13. The molecule has 1 atom stereocenters. The number of aryl methyl sites for hydroxylation is 1. The third kappa shape index (κ3) is 4.67. The van der Waals surface area contributed by atoms with E-state index in [0.717, 1.165) is 0 Å². The van der Waals surface area contributed by atoms with Crippen LogP contribution < -0.4 is 5.32 Å². The van der Waals surface area contributed by atoms with Gasteiger partial charge in [0.1, 0.15) is 12.2 Å². The van der Waals surface area contributed by atoms with Crippen molar-refractivity contribution in [1.82, 2.24) is 14.9 Å². The molecule has 0 aliphatic carbocycles. The third-order valence-electron chi connectivity index (χ3n) is 2.61. The minimum absolute atomic E-state index is 0.0288. The van der Waals surface area contributed by atoms with Crippen LogP contribution in [0.15, 0.2) is 12.5 Å². The normalized spacial score (nSPS) is 11.8. The van der Waals surface area contributed by atoms with Gasteiger partial charge in [0.25, 0.3) is 0 Å². The zero-order chi connectivity index (χ0) is 15.1. The molecule has 0 spiro atoms. The van der Waals surface area contributed by atoms with E-state index in [9.17, 15) is 19.7 Å². The third-order valence-corrected chi connectivity index (χ3v) is 2.61. The van der Waals surface area contributed by atoms with Gasteiger partial charge in [0.15, 0.2) is 0 Å². The molecule has 9 heteroatoms. The van der Waals surface area contributed by atoms with Crippen molar-refractivity contribution in [2.75, 3.05) is 0 Å². The fourth-order valence-corrected chi connectivity index (χ4v) is 1.61. The average molecular weight is 284 g/mol. The molecule has 0 radical (unpaired) electrons. The summed E-state index contributed by atoms with van der Waals surface area (Å²) in [7, 11) is 0. The van der Waals surface area contributed by atoms with Gasteiger partial charge in [-0.2, -0.15) is 0 Å². The minimum atomic E-state index is -1.07. The number of hydrogen-bond donors (Lipinski definition) is 2. The van der Waals surface area contributed by atoms with E-state index in [-0.39, 0.29) is 18.8 Å². The van der Waals surface area contributed by atoms with Crippen molar-refractivity contribution in [3.05, 3.63) is 22.6 Å². The lowest BCUT2D eigenvalue weighted by molar-refractivity contribution is -0.389. The quantitative estimate of drug-likeness (QED) is 0.530. The Labute approximate surface area is 114 Å². The van der Waals surface area contributed by atoms with Crippen molar-refractivity contribution in [3.8, 4) is 0 Å². The molecule has 110 valence electrons. The standard InChI is InChI=1S/C11H16N4O5/c1-2-3-8(11(17)18)13-10(16)4-5-14-6-9(12-7-14)15(19)20/h6-8H,2-5H2,1H3,(H,13,16)(H,17,18)/t8-/m0/s1. The largest absolute Gasteiger partial charge is 0.480 e. The number of carbonyl (C=O) groups excluding carboxylic acids is 1. The summed E-state index contributed by atoms with van der Waals surface area (Å²) >= 11 is 0. The Hall–Kier alpha value is -2.45. The number of imidazole rings is 1. The highest BCUT2D eigenvalue weighted by Crippen LogP contribution is 2.06. The monoisotopic (exact) mass is 284 g/mol. The summed E-state index contributed by atoms with van der Waals surface area (Å²) in [4.78, 5) is 35.8. The molecule has 1 amide bonds. The second-order valence-corrected chi connectivity index (χ2v) is 4.22. The van der Waals surface area contributed by atoms with Gasteiger partial charge >= 0.3 is 11.8 Å². The summed E-state index contributed by atoms with van der Waals surface area (Å²) in [6.07, 6.45) is 3.50. The van der Waals surface area contributed by atoms with Crippen molar-refractivity contribution in [1.29, 1.82) is 0 Å². The Morgan fingerprint density at radius 1 is 1.60 bits per heavy atom. The molecule has 0 unspecified atom stereocenters. The van der Waals surface area contributed by atoms with Gasteiger partial charge in [0, 0.05) is 13.0 Å². The SMILES string of the molecule is CCC[C@H](NC(=O)CCn1cnc([N+](=O)[O-])c1)C(=O)O. The highest BCUT2D eigenvalue weighted by Gasteiger charge is 2.18. The van der Waals surface area contributed by atoms with Crippen molar-refractivity contribution in [2.45, 2.75) is 38.8 Å². The molecule has 9 nitrogen and oxygen atoms in total. The summed E-state index contributed by atoms with van der Waals surface area (Å²) in [5.41, 5.74) is 0. The summed E-state index contributed by atoms with van der Waals surface area (Å²) in [5, 5.41) is 21.7. The zero-order valence-corrected chi connectivity index (χ0v) is 11.0. The maximum Gasteiger partial charge on any atom is 0.381 e. The summed E-state index contributed by atoms with van der Waals surface area (Å²) in [6, 6.07) is -0.898. The molecule has 1 heterocycles. The van der Waals surface area contributed by atoms with Gasteiger partial charge in [-0.1, -0.05) is 13.3 Å². The van der Waals surface area contributed by atoms with E-state index < -0.39 is 22.8 Å². The molecule has 1 aromatic rings. The van der Waals surface area contributed by atoms with E-state index in [1.165, 1.54) is 17.1 Å². The van der Waals surface area contributed by atoms with Gasteiger partial charge in [0.05, 0.1) is 0 Å². The Balaban J connectivity index is 2.45. The van der Waals surface area contributed by atoms with E-state index in [4.69, 9.17) is 5.11 Å².